The molecule has 0 spiro atoms. The minimum Gasteiger partial charge on any atom is -0.394 e. The first kappa shape index (κ1) is 64.1. The molecular weight excluding hydrogens is 927 g/mol. The molecule has 1 amide bonds. The molecule has 3 aliphatic heterocycles. The summed E-state index contributed by atoms with van der Waals surface area (Å²) in [6.45, 7) is 1.71. The fourth-order valence-electron chi connectivity index (χ4n) is 9.78. The molecule has 0 aromatic heterocycles. The molecule has 19 nitrogen and oxygen atoms in total. The molecule has 0 radical (unpaired) electrons. The maximum absolute atomic E-state index is 13.2. The van der Waals surface area contributed by atoms with Crippen LogP contribution in [0, 0.1) is 0 Å². The zero-order valence-electron chi connectivity index (χ0n) is 43.2. The van der Waals surface area contributed by atoms with E-state index in [1.807, 2.05) is 0 Å². The van der Waals surface area contributed by atoms with Crippen LogP contribution in [0.5, 0.6) is 0 Å². The van der Waals surface area contributed by atoms with Crippen LogP contribution in [0.15, 0.2) is 0 Å². The summed E-state index contributed by atoms with van der Waals surface area (Å²) in [5, 5.41) is 120. The van der Waals surface area contributed by atoms with Crippen LogP contribution >= 0.6 is 0 Å². The van der Waals surface area contributed by atoms with Crippen molar-refractivity contribution in [3.63, 3.8) is 0 Å². The fraction of sp³-hybridized carbons (Fsp3) is 0.981. The molecule has 19 heteroatoms. The summed E-state index contributed by atoms with van der Waals surface area (Å²) in [7, 11) is 0. The number of carbonyl (C=O) groups is 1. The number of hydrogen-bond acceptors (Lipinski definition) is 18. The molecule has 12 N–H and O–H groups in total. The standard InChI is InChI=1S/C52H99NO18/c1-3-5-7-9-11-12-13-14-15-16-17-18-19-20-21-22-23-24-26-28-30-40(58)53-35(36(57)29-27-25-10-8-6-4-2)34-66-50-46(64)43(61)48(38(32-55)68-50)71-52-47(65)44(62)49(39(33-56)69-52)70-51-45(63)42(60)41(59)37(31-54)67-51/h35-39,41-52,54-57,59-65H,3-34H2,1-2H3,(H,53,58). The average Bonchev–Trinajstić information content (AvgIpc) is 3.36. The van der Waals surface area contributed by atoms with E-state index in [2.05, 4.69) is 19.2 Å². The van der Waals surface area contributed by atoms with Crippen LogP contribution in [0.2, 0.25) is 0 Å². The van der Waals surface area contributed by atoms with Gasteiger partial charge in [0, 0.05) is 6.42 Å². The highest BCUT2D eigenvalue weighted by Gasteiger charge is 2.53. The van der Waals surface area contributed by atoms with Crippen molar-refractivity contribution in [1.82, 2.24) is 5.32 Å². The number of rotatable bonds is 40. The van der Waals surface area contributed by atoms with Crippen molar-refractivity contribution in [2.75, 3.05) is 26.4 Å². The largest absolute Gasteiger partial charge is 0.394 e. The molecule has 0 aromatic rings. The third-order valence-electron chi connectivity index (χ3n) is 14.4. The lowest BCUT2D eigenvalue weighted by Crippen LogP contribution is -2.66. The van der Waals surface area contributed by atoms with Crippen LogP contribution in [0.4, 0.5) is 0 Å². The molecule has 3 rings (SSSR count). The molecule has 0 bridgehead atoms. The highest BCUT2D eigenvalue weighted by atomic mass is 16.8. The SMILES string of the molecule is CCCCCCCCCCCCCCCCCCCCCCC(=O)NC(COC1OC(CO)C(OC2OC(CO)C(OC3OC(CO)C(O)C(O)C3O)C(O)C2O)C(O)C1O)C(O)CCCCCCCC. The van der Waals surface area contributed by atoms with Gasteiger partial charge in [0.2, 0.25) is 5.91 Å². The van der Waals surface area contributed by atoms with E-state index in [1.165, 1.54) is 103 Å². The van der Waals surface area contributed by atoms with Crippen LogP contribution < -0.4 is 5.32 Å². The lowest BCUT2D eigenvalue weighted by atomic mass is 9.96. The fourth-order valence-corrected chi connectivity index (χ4v) is 9.78. The number of unbranched alkanes of at least 4 members (excludes halogenated alkanes) is 24. The Kier molecular flexibility index (Phi) is 33.9. The first-order valence-electron chi connectivity index (χ1n) is 27.8. The summed E-state index contributed by atoms with van der Waals surface area (Å²) in [6, 6.07) is -0.876. The molecule has 3 fully saturated rings. The van der Waals surface area contributed by atoms with Crippen molar-refractivity contribution in [2.45, 2.75) is 298 Å². The van der Waals surface area contributed by atoms with Gasteiger partial charge in [0.05, 0.1) is 38.6 Å². The van der Waals surface area contributed by atoms with Crippen molar-refractivity contribution in [2.24, 2.45) is 0 Å². The summed E-state index contributed by atoms with van der Waals surface area (Å²) in [5.74, 6) is -0.245. The normalized spacial score (nSPS) is 32.2. The van der Waals surface area contributed by atoms with E-state index in [4.69, 9.17) is 28.4 Å². The molecule has 0 aromatic carbocycles. The van der Waals surface area contributed by atoms with Gasteiger partial charge < -0.3 is 89.9 Å². The van der Waals surface area contributed by atoms with Gasteiger partial charge in [-0.25, -0.2) is 0 Å². The monoisotopic (exact) mass is 1030 g/mol. The minimum absolute atomic E-state index is 0.245. The van der Waals surface area contributed by atoms with E-state index in [1.54, 1.807) is 0 Å². The maximum Gasteiger partial charge on any atom is 0.220 e. The van der Waals surface area contributed by atoms with Crippen molar-refractivity contribution in [1.29, 1.82) is 0 Å². The smallest absolute Gasteiger partial charge is 0.220 e. The number of aliphatic hydroxyl groups is 11. The van der Waals surface area contributed by atoms with Crippen LogP contribution in [-0.4, -0.2) is 193 Å². The topological polar surface area (TPSA) is 307 Å². The minimum atomic E-state index is -1.97. The third kappa shape index (κ3) is 22.9. The Hall–Kier alpha value is -1.21. The predicted octanol–water partition coefficient (Wildman–Crippen LogP) is 3.26. The number of aliphatic hydroxyl groups excluding tert-OH is 11. The summed E-state index contributed by atoms with van der Waals surface area (Å²) in [6.07, 6.45) is 5.43. The Balaban J connectivity index is 1.44. The Bertz CT molecular complexity index is 1320. The van der Waals surface area contributed by atoms with E-state index in [-0.39, 0.29) is 18.9 Å². The molecule has 420 valence electrons. The van der Waals surface area contributed by atoms with Crippen LogP contribution in [0.25, 0.3) is 0 Å². The Labute approximate surface area is 423 Å². The van der Waals surface area contributed by atoms with E-state index in [0.717, 1.165) is 57.8 Å². The third-order valence-corrected chi connectivity index (χ3v) is 14.4. The maximum atomic E-state index is 13.2. The molecule has 17 atom stereocenters. The lowest BCUT2D eigenvalue weighted by molar-refractivity contribution is -0.379. The highest BCUT2D eigenvalue weighted by molar-refractivity contribution is 5.76. The van der Waals surface area contributed by atoms with Gasteiger partial charge in [-0.05, 0) is 12.8 Å². The molecule has 0 saturated carbocycles. The van der Waals surface area contributed by atoms with Gasteiger partial charge in [0.1, 0.15) is 73.2 Å². The van der Waals surface area contributed by atoms with Gasteiger partial charge in [-0.1, -0.05) is 174 Å². The predicted molar refractivity (Wildman–Crippen MR) is 264 cm³/mol. The molecule has 71 heavy (non-hydrogen) atoms. The van der Waals surface area contributed by atoms with Gasteiger partial charge >= 0.3 is 0 Å². The van der Waals surface area contributed by atoms with Crippen molar-refractivity contribution in [3.8, 4) is 0 Å². The molecule has 17 unspecified atom stereocenters. The second kappa shape index (κ2) is 37.5. The van der Waals surface area contributed by atoms with Crippen LogP contribution in [0.1, 0.15) is 194 Å². The summed E-state index contributed by atoms with van der Waals surface area (Å²) in [5.41, 5.74) is 0. The Morgan fingerprint density at radius 1 is 0.451 bits per heavy atom. The highest BCUT2D eigenvalue weighted by Crippen LogP contribution is 2.33. The summed E-state index contributed by atoms with van der Waals surface area (Å²) in [4.78, 5) is 13.2. The van der Waals surface area contributed by atoms with Crippen LogP contribution in [-0.2, 0) is 33.2 Å². The van der Waals surface area contributed by atoms with Gasteiger partial charge in [-0.15, -0.1) is 0 Å². The van der Waals surface area contributed by atoms with Gasteiger partial charge in [-0.3, -0.25) is 4.79 Å². The van der Waals surface area contributed by atoms with Crippen LogP contribution in [0.3, 0.4) is 0 Å². The first-order valence-corrected chi connectivity index (χ1v) is 27.8. The molecule has 3 heterocycles. The molecule has 0 aliphatic carbocycles. The molecule has 3 saturated heterocycles. The Morgan fingerprint density at radius 3 is 1.23 bits per heavy atom. The van der Waals surface area contributed by atoms with Gasteiger partial charge in [0.15, 0.2) is 18.9 Å². The van der Waals surface area contributed by atoms with E-state index in [0.29, 0.717) is 12.8 Å². The molecular formula is C52H99NO18. The number of hydrogen-bond donors (Lipinski definition) is 12. The second-order valence-electron chi connectivity index (χ2n) is 20.4. The lowest BCUT2D eigenvalue weighted by Gasteiger charge is -2.48. The van der Waals surface area contributed by atoms with Crippen molar-refractivity contribution < 1.29 is 89.4 Å². The number of amides is 1. The number of ether oxygens (including phenoxy) is 6. The number of nitrogens with one attached hydrogen (secondary N) is 1. The van der Waals surface area contributed by atoms with Crippen molar-refractivity contribution in [3.05, 3.63) is 0 Å². The van der Waals surface area contributed by atoms with E-state index in [9.17, 15) is 61.0 Å². The average molecular weight is 1030 g/mol. The van der Waals surface area contributed by atoms with Gasteiger partial charge in [0.25, 0.3) is 0 Å². The van der Waals surface area contributed by atoms with E-state index < -0.39 is 124 Å². The summed E-state index contributed by atoms with van der Waals surface area (Å²) >= 11 is 0. The van der Waals surface area contributed by atoms with Crippen molar-refractivity contribution >= 4 is 5.91 Å². The zero-order valence-corrected chi connectivity index (χ0v) is 43.2. The van der Waals surface area contributed by atoms with Gasteiger partial charge in [-0.2, -0.15) is 0 Å². The quantitative estimate of drug-likeness (QED) is 0.0392. The zero-order chi connectivity index (χ0) is 52.0. The first-order chi connectivity index (χ1) is 34.3. The Morgan fingerprint density at radius 2 is 0.803 bits per heavy atom. The van der Waals surface area contributed by atoms with E-state index >= 15 is 0 Å². The molecule has 3 aliphatic rings. The number of carbonyl (C=O) groups excluding carboxylic acids is 1. The summed E-state index contributed by atoms with van der Waals surface area (Å²) < 4.78 is 34.1. The second-order valence-corrected chi connectivity index (χ2v) is 20.4.